The van der Waals surface area contributed by atoms with E-state index in [9.17, 15) is 23.5 Å². The molecular formula is C25H27F2O5-. The number of hydrogen-bond acceptors (Lipinski definition) is 5. The van der Waals surface area contributed by atoms with Crippen molar-refractivity contribution in [2.75, 3.05) is 0 Å². The van der Waals surface area contributed by atoms with Gasteiger partial charge in [-0.05, 0) is 61.4 Å². The van der Waals surface area contributed by atoms with Crippen LogP contribution in [0.2, 0.25) is 0 Å². The van der Waals surface area contributed by atoms with Crippen molar-refractivity contribution < 1.29 is 33.0 Å². The summed E-state index contributed by atoms with van der Waals surface area (Å²) in [7, 11) is 0. The van der Waals surface area contributed by atoms with E-state index < -0.39 is 24.0 Å². The van der Waals surface area contributed by atoms with E-state index in [1.807, 2.05) is 0 Å². The van der Waals surface area contributed by atoms with Crippen LogP contribution in [0.1, 0.15) is 68.0 Å². The van der Waals surface area contributed by atoms with Crippen molar-refractivity contribution >= 4 is 11.9 Å². The van der Waals surface area contributed by atoms with E-state index in [1.165, 1.54) is 42.8 Å². The molecule has 1 unspecified atom stereocenters. The van der Waals surface area contributed by atoms with Crippen molar-refractivity contribution in [3.05, 3.63) is 65.7 Å². The topological polar surface area (TPSA) is 75.7 Å². The van der Waals surface area contributed by atoms with Crippen molar-refractivity contribution in [3.8, 4) is 5.75 Å². The molecule has 0 bridgehead atoms. The molecule has 3 rings (SSSR count). The van der Waals surface area contributed by atoms with E-state index in [-0.39, 0.29) is 16.7 Å². The van der Waals surface area contributed by atoms with E-state index >= 15 is 0 Å². The van der Waals surface area contributed by atoms with Crippen LogP contribution in [-0.2, 0) is 9.53 Å². The first kappa shape index (κ1) is 23.7. The van der Waals surface area contributed by atoms with Gasteiger partial charge in [0.1, 0.15) is 17.3 Å². The van der Waals surface area contributed by atoms with Crippen molar-refractivity contribution in [3.63, 3.8) is 0 Å². The lowest BCUT2D eigenvalue weighted by Crippen LogP contribution is -2.47. The number of esters is 1. The summed E-state index contributed by atoms with van der Waals surface area (Å²) < 4.78 is 39.8. The Morgan fingerprint density at radius 2 is 1.56 bits per heavy atom. The second-order valence-corrected chi connectivity index (χ2v) is 8.51. The highest BCUT2D eigenvalue weighted by Gasteiger charge is 2.45. The molecule has 0 heterocycles. The second kappa shape index (κ2) is 9.67. The van der Waals surface area contributed by atoms with Crippen LogP contribution in [-0.4, -0.2) is 23.5 Å². The standard InChI is InChI=1S/C25H28F2O5/c1-17(2)24(15-7-4-8-16-24)32-20-13-11-19(12-14-20)22(28)31-21(25(26,27)23(29)30)18-9-5-3-6-10-18/h3,5-6,9-14,17,21H,4,7-8,15-16H2,1-2H3,(H,29,30)/p-1. The summed E-state index contributed by atoms with van der Waals surface area (Å²) >= 11 is 0. The van der Waals surface area contributed by atoms with Gasteiger partial charge in [0.25, 0.3) is 0 Å². The number of alkyl halides is 2. The predicted octanol–water partition coefficient (Wildman–Crippen LogP) is 4.71. The van der Waals surface area contributed by atoms with E-state index in [0.717, 1.165) is 25.7 Å². The largest absolute Gasteiger partial charge is 0.544 e. The summed E-state index contributed by atoms with van der Waals surface area (Å²) in [6, 6.07) is 13.1. The summed E-state index contributed by atoms with van der Waals surface area (Å²) in [5, 5.41) is 11.0. The Labute approximate surface area is 186 Å². The van der Waals surface area contributed by atoms with Crippen molar-refractivity contribution in [1.29, 1.82) is 0 Å². The Hall–Kier alpha value is -2.96. The van der Waals surface area contributed by atoms with Crippen LogP contribution in [0.15, 0.2) is 54.6 Å². The number of rotatable bonds is 8. The van der Waals surface area contributed by atoms with Crippen LogP contribution in [0.3, 0.4) is 0 Å². The van der Waals surface area contributed by atoms with Crippen LogP contribution in [0.4, 0.5) is 8.78 Å². The third kappa shape index (κ3) is 5.09. The van der Waals surface area contributed by atoms with Gasteiger partial charge in [0.15, 0.2) is 6.10 Å². The zero-order valence-corrected chi connectivity index (χ0v) is 18.2. The summed E-state index contributed by atoms with van der Waals surface area (Å²) in [5.41, 5.74) is -0.407. The van der Waals surface area contributed by atoms with E-state index in [1.54, 1.807) is 18.2 Å². The molecule has 1 aliphatic carbocycles. The average molecular weight is 445 g/mol. The summed E-state index contributed by atoms with van der Waals surface area (Å²) in [6.07, 6.45) is 2.95. The Morgan fingerprint density at radius 1 is 0.969 bits per heavy atom. The maximum atomic E-state index is 14.3. The molecule has 1 fully saturated rings. The molecule has 0 radical (unpaired) electrons. The van der Waals surface area contributed by atoms with Gasteiger partial charge in [-0.15, -0.1) is 0 Å². The van der Waals surface area contributed by atoms with Crippen molar-refractivity contribution in [1.82, 2.24) is 0 Å². The lowest BCUT2D eigenvalue weighted by Gasteiger charge is -2.41. The lowest BCUT2D eigenvalue weighted by molar-refractivity contribution is -0.336. The molecule has 32 heavy (non-hydrogen) atoms. The first-order valence-electron chi connectivity index (χ1n) is 10.8. The molecule has 2 aromatic carbocycles. The van der Waals surface area contributed by atoms with Crippen LogP contribution in [0.5, 0.6) is 5.75 Å². The van der Waals surface area contributed by atoms with Crippen molar-refractivity contribution in [2.45, 2.75) is 63.6 Å². The molecule has 172 valence electrons. The minimum Gasteiger partial charge on any atom is -0.544 e. The maximum Gasteiger partial charge on any atom is 0.338 e. The molecule has 7 heteroatoms. The smallest absolute Gasteiger partial charge is 0.338 e. The van der Waals surface area contributed by atoms with E-state index in [4.69, 9.17) is 9.47 Å². The fourth-order valence-electron chi connectivity index (χ4n) is 4.10. The predicted molar refractivity (Wildman–Crippen MR) is 112 cm³/mol. The molecule has 0 amide bonds. The molecule has 0 N–H and O–H groups in total. The highest BCUT2D eigenvalue weighted by atomic mass is 19.3. The highest BCUT2D eigenvalue weighted by Crippen LogP contribution is 2.39. The number of aliphatic carboxylic acids is 1. The van der Waals surface area contributed by atoms with Crippen LogP contribution in [0, 0.1) is 5.92 Å². The number of carbonyl (C=O) groups excluding carboxylic acids is 2. The Kier molecular flexibility index (Phi) is 7.16. The van der Waals surface area contributed by atoms with Crippen LogP contribution >= 0.6 is 0 Å². The first-order valence-corrected chi connectivity index (χ1v) is 10.8. The monoisotopic (exact) mass is 445 g/mol. The highest BCUT2D eigenvalue weighted by molar-refractivity contribution is 5.90. The Balaban J connectivity index is 1.77. The number of halogens is 2. The SMILES string of the molecule is CC(C)C1(Oc2ccc(C(=O)OC(c3ccccc3)C(F)(F)C(=O)[O-])cc2)CCCCC1. The normalized spacial score (nSPS) is 16.9. The van der Waals surface area contributed by atoms with Gasteiger partial charge in [-0.2, -0.15) is 8.78 Å². The molecule has 1 saturated carbocycles. The van der Waals surface area contributed by atoms with Gasteiger partial charge in [-0.3, -0.25) is 0 Å². The second-order valence-electron chi connectivity index (χ2n) is 8.51. The molecule has 1 aliphatic rings. The minimum atomic E-state index is -4.40. The Bertz CT molecular complexity index is 919. The molecule has 5 nitrogen and oxygen atoms in total. The number of carboxylic acids is 1. The van der Waals surface area contributed by atoms with Gasteiger partial charge in [-0.1, -0.05) is 50.6 Å². The molecule has 1 atom stereocenters. The molecule has 2 aromatic rings. The van der Waals surface area contributed by atoms with Gasteiger partial charge < -0.3 is 19.4 Å². The zero-order chi connectivity index (χ0) is 23.4. The third-order valence-corrected chi connectivity index (χ3v) is 6.09. The van der Waals surface area contributed by atoms with Crippen LogP contribution in [0.25, 0.3) is 0 Å². The van der Waals surface area contributed by atoms with Crippen molar-refractivity contribution in [2.24, 2.45) is 5.92 Å². The third-order valence-electron chi connectivity index (χ3n) is 6.09. The molecule has 0 saturated heterocycles. The average Bonchev–Trinajstić information content (AvgIpc) is 2.78. The van der Waals surface area contributed by atoms with Gasteiger partial charge in [0.05, 0.1) is 5.56 Å². The molecule has 0 aromatic heterocycles. The maximum absolute atomic E-state index is 14.3. The first-order chi connectivity index (χ1) is 15.2. The van der Waals surface area contributed by atoms with Gasteiger partial charge in [0, 0.05) is 0 Å². The van der Waals surface area contributed by atoms with E-state index in [0.29, 0.717) is 11.7 Å². The quantitative estimate of drug-likeness (QED) is 0.550. The minimum absolute atomic E-state index is 0.00895. The summed E-state index contributed by atoms with van der Waals surface area (Å²) in [6.45, 7) is 4.25. The summed E-state index contributed by atoms with van der Waals surface area (Å²) in [4.78, 5) is 23.6. The lowest BCUT2D eigenvalue weighted by atomic mass is 9.77. The number of benzene rings is 2. The summed E-state index contributed by atoms with van der Waals surface area (Å²) in [5.74, 6) is -7.19. The number of carboxylic acid groups (broad SMARTS) is 1. The number of hydrogen-bond donors (Lipinski definition) is 0. The van der Waals surface area contributed by atoms with Gasteiger partial charge in [0.2, 0.25) is 0 Å². The van der Waals surface area contributed by atoms with Gasteiger partial charge >= 0.3 is 11.9 Å². The molecule has 0 spiro atoms. The van der Waals surface area contributed by atoms with Crippen LogP contribution < -0.4 is 9.84 Å². The number of carbonyl (C=O) groups is 2. The van der Waals surface area contributed by atoms with E-state index in [2.05, 4.69) is 13.8 Å². The molecular weight excluding hydrogens is 418 g/mol. The number of ether oxygens (including phenoxy) is 2. The fourth-order valence-corrected chi connectivity index (χ4v) is 4.10. The zero-order valence-electron chi connectivity index (χ0n) is 18.2. The molecule has 0 aliphatic heterocycles. The van der Waals surface area contributed by atoms with Gasteiger partial charge in [-0.25, -0.2) is 4.79 Å². The fraction of sp³-hybridized carbons (Fsp3) is 0.440. The Morgan fingerprint density at radius 3 is 2.09 bits per heavy atom.